The first-order valence-corrected chi connectivity index (χ1v) is 17.0. The van der Waals surface area contributed by atoms with E-state index in [0.29, 0.717) is 5.95 Å². The maximum absolute atomic E-state index is 5.53. The molecular formula is C46H28N4. The Labute approximate surface area is 287 Å². The van der Waals surface area contributed by atoms with Gasteiger partial charge in [0.1, 0.15) is 0 Å². The van der Waals surface area contributed by atoms with Crippen molar-refractivity contribution in [3.05, 3.63) is 170 Å². The lowest BCUT2D eigenvalue weighted by atomic mass is 9.98. The Morgan fingerprint density at radius 3 is 1.88 bits per heavy atom. The molecule has 0 aliphatic rings. The molecule has 232 valence electrons. The number of para-hydroxylation sites is 2. The van der Waals surface area contributed by atoms with Gasteiger partial charge in [0, 0.05) is 37.9 Å². The van der Waals surface area contributed by atoms with Crippen LogP contribution in [0.3, 0.4) is 0 Å². The van der Waals surface area contributed by atoms with Crippen molar-refractivity contribution in [1.29, 1.82) is 0 Å². The van der Waals surface area contributed by atoms with Gasteiger partial charge in [-0.2, -0.15) is 0 Å². The third-order valence-corrected chi connectivity index (χ3v) is 10.3. The van der Waals surface area contributed by atoms with E-state index in [1.807, 2.05) is 0 Å². The molecule has 4 heteroatoms. The first kappa shape index (κ1) is 27.2. The number of rotatable bonds is 3. The summed E-state index contributed by atoms with van der Waals surface area (Å²) < 4.78 is 4.74. The van der Waals surface area contributed by atoms with Gasteiger partial charge in [-0.15, -0.1) is 0 Å². The summed E-state index contributed by atoms with van der Waals surface area (Å²) in [5.41, 5.74) is 10.9. The van der Waals surface area contributed by atoms with E-state index in [4.69, 9.17) is 9.97 Å². The highest BCUT2D eigenvalue weighted by atomic mass is 15.2. The zero-order valence-corrected chi connectivity index (χ0v) is 27.0. The van der Waals surface area contributed by atoms with E-state index in [2.05, 4.69) is 179 Å². The molecule has 4 nitrogen and oxygen atoms in total. The minimum Gasteiger partial charge on any atom is -0.306 e. The van der Waals surface area contributed by atoms with Gasteiger partial charge >= 0.3 is 0 Å². The van der Waals surface area contributed by atoms with Crippen LogP contribution in [-0.2, 0) is 0 Å². The lowest BCUT2D eigenvalue weighted by Gasteiger charge is -2.15. The van der Waals surface area contributed by atoms with E-state index in [1.165, 1.54) is 32.8 Å². The van der Waals surface area contributed by atoms with Crippen LogP contribution in [0.4, 0.5) is 0 Å². The maximum atomic E-state index is 5.53. The van der Waals surface area contributed by atoms with Crippen molar-refractivity contribution in [3.63, 3.8) is 0 Å². The lowest BCUT2D eigenvalue weighted by molar-refractivity contribution is 1.02. The van der Waals surface area contributed by atoms with Crippen LogP contribution in [0.2, 0.25) is 0 Å². The molecule has 4 heterocycles. The summed E-state index contributed by atoms with van der Waals surface area (Å²) in [7, 11) is 0. The number of fused-ring (bicyclic) bond motifs is 13. The maximum Gasteiger partial charge on any atom is 0.235 e. The molecule has 0 saturated heterocycles. The minimum atomic E-state index is 0.654. The second-order valence-electron chi connectivity index (χ2n) is 13.0. The molecule has 0 fully saturated rings. The van der Waals surface area contributed by atoms with Crippen LogP contribution in [0.1, 0.15) is 0 Å². The highest BCUT2D eigenvalue weighted by Crippen LogP contribution is 2.41. The number of aromatic nitrogens is 4. The second kappa shape index (κ2) is 10.4. The predicted molar refractivity (Wildman–Crippen MR) is 208 cm³/mol. The fraction of sp³-hybridized carbons (Fsp3) is 0. The van der Waals surface area contributed by atoms with Crippen LogP contribution in [0, 0.1) is 0 Å². The Morgan fingerprint density at radius 2 is 1.02 bits per heavy atom. The molecule has 11 rings (SSSR count). The molecule has 50 heavy (non-hydrogen) atoms. The van der Waals surface area contributed by atoms with Crippen LogP contribution < -0.4 is 0 Å². The average molecular weight is 637 g/mol. The molecule has 7 aromatic carbocycles. The SMILES string of the molecule is c1ccc(-c2cccc(-c3nc(-n4c5ccccc5c5c4c4ccccc4c4cc6ccccc6n45)nc4c3ccc3ccccc34)c2)cc1. The number of hydrogen-bond acceptors (Lipinski definition) is 2. The normalized spacial score (nSPS) is 12.0. The average Bonchev–Trinajstić information content (AvgIpc) is 3.75. The van der Waals surface area contributed by atoms with Crippen molar-refractivity contribution in [2.45, 2.75) is 0 Å². The molecule has 11 aromatic rings. The van der Waals surface area contributed by atoms with Crippen molar-refractivity contribution in [3.8, 4) is 28.3 Å². The Kier molecular flexibility index (Phi) is 5.63. The molecule has 0 spiro atoms. The van der Waals surface area contributed by atoms with Crippen LogP contribution in [-0.4, -0.2) is 18.9 Å². The number of pyridine rings is 1. The fourth-order valence-electron chi connectivity index (χ4n) is 8.06. The largest absolute Gasteiger partial charge is 0.306 e. The van der Waals surface area contributed by atoms with Crippen molar-refractivity contribution < 1.29 is 0 Å². The molecule has 0 unspecified atom stereocenters. The van der Waals surface area contributed by atoms with Crippen molar-refractivity contribution >= 4 is 70.8 Å². The van der Waals surface area contributed by atoms with Gasteiger partial charge in [0.2, 0.25) is 5.95 Å². The van der Waals surface area contributed by atoms with E-state index in [0.717, 1.165) is 60.4 Å². The Morgan fingerprint density at radius 1 is 0.360 bits per heavy atom. The zero-order valence-electron chi connectivity index (χ0n) is 27.0. The standard InChI is InChI=1S/C46H28N4/c1-2-13-29(14-3-1)31-17-12-18-33(27-31)42-38-26-25-30-15-4-6-19-34(30)43(38)48-46(47-42)50-40-24-11-9-22-37(40)45-44(50)36-21-8-7-20-35(36)41-28-32-16-5-10-23-39(32)49(41)45/h1-28H. The summed E-state index contributed by atoms with van der Waals surface area (Å²) in [6, 6.07) is 60.6. The van der Waals surface area contributed by atoms with Crippen molar-refractivity contribution in [1.82, 2.24) is 18.9 Å². The summed E-state index contributed by atoms with van der Waals surface area (Å²) in [5.74, 6) is 0.654. The molecule has 0 aliphatic carbocycles. The van der Waals surface area contributed by atoms with Gasteiger partial charge in [-0.3, -0.25) is 4.57 Å². The Bertz CT molecular complexity index is 3150. The van der Waals surface area contributed by atoms with E-state index in [-0.39, 0.29) is 0 Å². The summed E-state index contributed by atoms with van der Waals surface area (Å²) in [5, 5.41) is 8.04. The molecule has 0 amide bonds. The Balaban J connectivity index is 1.33. The van der Waals surface area contributed by atoms with E-state index in [1.54, 1.807) is 0 Å². The topological polar surface area (TPSA) is 35.1 Å². The molecule has 0 bridgehead atoms. The van der Waals surface area contributed by atoms with Gasteiger partial charge < -0.3 is 4.40 Å². The smallest absolute Gasteiger partial charge is 0.235 e. The number of nitrogens with zero attached hydrogens (tertiary/aromatic N) is 4. The van der Waals surface area contributed by atoms with Gasteiger partial charge in [0.15, 0.2) is 0 Å². The highest BCUT2D eigenvalue weighted by molar-refractivity contribution is 6.22. The first-order chi connectivity index (χ1) is 24.8. The van der Waals surface area contributed by atoms with Crippen LogP contribution in [0.15, 0.2) is 170 Å². The van der Waals surface area contributed by atoms with Crippen LogP contribution in [0.25, 0.3) is 99.1 Å². The zero-order chi connectivity index (χ0) is 32.8. The molecule has 0 N–H and O–H groups in total. The van der Waals surface area contributed by atoms with Crippen molar-refractivity contribution in [2.75, 3.05) is 0 Å². The molecule has 0 saturated carbocycles. The predicted octanol–water partition coefficient (Wildman–Crippen LogP) is 11.8. The van der Waals surface area contributed by atoms with Crippen molar-refractivity contribution in [2.24, 2.45) is 0 Å². The highest BCUT2D eigenvalue weighted by Gasteiger charge is 2.23. The first-order valence-electron chi connectivity index (χ1n) is 17.0. The summed E-state index contributed by atoms with van der Waals surface area (Å²) >= 11 is 0. The van der Waals surface area contributed by atoms with E-state index >= 15 is 0 Å². The Hall–Kier alpha value is -6.78. The van der Waals surface area contributed by atoms with Crippen LogP contribution >= 0.6 is 0 Å². The monoisotopic (exact) mass is 636 g/mol. The quantitative estimate of drug-likeness (QED) is 0.181. The third-order valence-electron chi connectivity index (χ3n) is 10.3. The van der Waals surface area contributed by atoms with Gasteiger partial charge in [-0.05, 0) is 46.8 Å². The summed E-state index contributed by atoms with van der Waals surface area (Å²) in [6.07, 6.45) is 0. The number of benzene rings is 7. The molecule has 0 radical (unpaired) electrons. The van der Waals surface area contributed by atoms with Crippen LogP contribution in [0.5, 0.6) is 0 Å². The fourth-order valence-corrected chi connectivity index (χ4v) is 8.06. The van der Waals surface area contributed by atoms with E-state index in [9.17, 15) is 0 Å². The lowest BCUT2D eigenvalue weighted by Crippen LogP contribution is -2.04. The minimum absolute atomic E-state index is 0.654. The summed E-state index contributed by atoms with van der Waals surface area (Å²) in [4.78, 5) is 11.0. The third kappa shape index (κ3) is 3.81. The molecule has 4 aromatic heterocycles. The summed E-state index contributed by atoms with van der Waals surface area (Å²) in [6.45, 7) is 0. The molecule has 0 atom stereocenters. The molecular weight excluding hydrogens is 609 g/mol. The van der Waals surface area contributed by atoms with E-state index < -0.39 is 0 Å². The van der Waals surface area contributed by atoms with Gasteiger partial charge in [0.25, 0.3) is 0 Å². The van der Waals surface area contributed by atoms with Gasteiger partial charge in [-0.25, -0.2) is 9.97 Å². The molecule has 0 aliphatic heterocycles. The van der Waals surface area contributed by atoms with Gasteiger partial charge in [0.05, 0.1) is 38.8 Å². The van der Waals surface area contributed by atoms with Gasteiger partial charge in [-0.1, -0.05) is 140 Å². The second-order valence-corrected chi connectivity index (χ2v) is 13.0. The number of hydrogen-bond donors (Lipinski definition) is 0.